The van der Waals surface area contributed by atoms with Crippen LogP contribution in [0.15, 0.2) is 48.5 Å². The Morgan fingerprint density at radius 2 is 1.89 bits per heavy atom. The molecular weight excluding hydrogens is 344 g/mol. The molecule has 2 unspecified atom stereocenters. The molecular formula is C21H20N2O4. The number of para-hydroxylation sites is 1. The van der Waals surface area contributed by atoms with Crippen LogP contribution in [0.25, 0.3) is 0 Å². The summed E-state index contributed by atoms with van der Waals surface area (Å²) < 4.78 is 4.69. The fourth-order valence-electron chi connectivity index (χ4n) is 3.60. The van der Waals surface area contributed by atoms with Crippen molar-refractivity contribution in [3.8, 4) is 0 Å². The van der Waals surface area contributed by atoms with Gasteiger partial charge < -0.3 is 15.0 Å². The third-order valence-electron chi connectivity index (χ3n) is 5.15. The molecule has 1 N–H and O–H groups in total. The average molecular weight is 364 g/mol. The lowest BCUT2D eigenvalue weighted by molar-refractivity contribution is -0.123. The number of fused-ring (bicyclic) bond motifs is 1. The minimum absolute atomic E-state index is 0.0170. The second-order valence-corrected chi connectivity index (χ2v) is 6.88. The molecule has 1 saturated carbocycles. The zero-order valence-electron chi connectivity index (χ0n) is 15.0. The third-order valence-corrected chi connectivity index (χ3v) is 5.15. The van der Waals surface area contributed by atoms with Crippen LogP contribution < -0.4 is 10.2 Å². The van der Waals surface area contributed by atoms with E-state index in [0.717, 1.165) is 12.1 Å². The van der Waals surface area contributed by atoms with Crippen molar-refractivity contribution in [3.63, 3.8) is 0 Å². The maximum absolute atomic E-state index is 12.8. The predicted octanol–water partition coefficient (Wildman–Crippen LogP) is 2.64. The third kappa shape index (κ3) is 3.30. The Bertz CT molecular complexity index is 924. The van der Waals surface area contributed by atoms with Gasteiger partial charge in [-0.2, -0.15) is 0 Å². The number of nitrogens with zero attached hydrogens (tertiary/aromatic N) is 1. The number of esters is 1. The maximum atomic E-state index is 12.8. The highest BCUT2D eigenvalue weighted by atomic mass is 16.5. The fraction of sp³-hybridized carbons (Fsp3) is 0.286. The molecule has 1 aliphatic carbocycles. The SMILES string of the molecule is COC(=O)c1cccc(NC(=O)C2CC2C(=O)N2CCc3ccccc32)c1. The molecule has 2 amide bonds. The smallest absolute Gasteiger partial charge is 0.337 e. The topological polar surface area (TPSA) is 75.7 Å². The molecule has 27 heavy (non-hydrogen) atoms. The van der Waals surface area contributed by atoms with Gasteiger partial charge in [0.1, 0.15) is 0 Å². The van der Waals surface area contributed by atoms with E-state index in [9.17, 15) is 14.4 Å². The Labute approximate surface area is 157 Å². The molecule has 1 fully saturated rings. The Morgan fingerprint density at radius 1 is 1.07 bits per heavy atom. The summed E-state index contributed by atoms with van der Waals surface area (Å²) in [6, 6.07) is 14.5. The number of amides is 2. The largest absolute Gasteiger partial charge is 0.465 e. The molecule has 2 aliphatic rings. The van der Waals surface area contributed by atoms with Crippen LogP contribution in [0.3, 0.4) is 0 Å². The fourth-order valence-corrected chi connectivity index (χ4v) is 3.60. The van der Waals surface area contributed by atoms with Crippen LogP contribution in [0.5, 0.6) is 0 Å². The monoisotopic (exact) mass is 364 g/mol. The Morgan fingerprint density at radius 3 is 2.70 bits per heavy atom. The van der Waals surface area contributed by atoms with Gasteiger partial charge in [0.2, 0.25) is 11.8 Å². The van der Waals surface area contributed by atoms with E-state index in [-0.39, 0.29) is 23.7 Å². The number of nitrogens with one attached hydrogen (secondary N) is 1. The normalized spacial score (nSPS) is 20.0. The quantitative estimate of drug-likeness (QED) is 0.847. The van der Waals surface area contributed by atoms with Gasteiger partial charge >= 0.3 is 5.97 Å². The number of rotatable bonds is 4. The van der Waals surface area contributed by atoms with Crippen LogP contribution in [-0.2, 0) is 20.7 Å². The van der Waals surface area contributed by atoms with E-state index in [4.69, 9.17) is 0 Å². The van der Waals surface area contributed by atoms with Crippen molar-refractivity contribution in [2.75, 3.05) is 23.9 Å². The van der Waals surface area contributed by atoms with Crippen LogP contribution in [0.1, 0.15) is 22.3 Å². The molecule has 4 rings (SSSR count). The molecule has 138 valence electrons. The van der Waals surface area contributed by atoms with Gasteiger partial charge in [0.25, 0.3) is 0 Å². The zero-order chi connectivity index (χ0) is 19.0. The summed E-state index contributed by atoms with van der Waals surface area (Å²) in [5, 5.41) is 2.80. The van der Waals surface area contributed by atoms with Crippen molar-refractivity contribution in [2.24, 2.45) is 11.8 Å². The second-order valence-electron chi connectivity index (χ2n) is 6.88. The van der Waals surface area contributed by atoms with Gasteiger partial charge in [-0.25, -0.2) is 4.79 Å². The van der Waals surface area contributed by atoms with Crippen LogP contribution in [0.4, 0.5) is 11.4 Å². The first-order chi connectivity index (χ1) is 13.1. The van der Waals surface area contributed by atoms with E-state index in [1.54, 1.807) is 29.2 Å². The summed E-state index contributed by atoms with van der Waals surface area (Å²) in [5.41, 5.74) is 3.02. The van der Waals surface area contributed by atoms with E-state index in [1.807, 2.05) is 24.3 Å². The van der Waals surface area contributed by atoms with Crippen molar-refractivity contribution in [2.45, 2.75) is 12.8 Å². The molecule has 0 saturated heterocycles. The van der Waals surface area contributed by atoms with Crippen LogP contribution in [-0.4, -0.2) is 31.4 Å². The summed E-state index contributed by atoms with van der Waals surface area (Å²) in [5.74, 6) is -1.24. The Hall–Kier alpha value is -3.15. The molecule has 2 atom stereocenters. The lowest BCUT2D eigenvalue weighted by atomic mass is 10.2. The van der Waals surface area contributed by atoms with E-state index in [1.165, 1.54) is 12.7 Å². The number of benzene rings is 2. The summed E-state index contributed by atoms with van der Waals surface area (Å²) >= 11 is 0. The minimum atomic E-state index is -0.460. The number of ether oxygens (including phenoxy) is 1. The molecule has 0 radical (unpaired) electrons. The molecule has 2 aromatic rings. The molecule has 1 heterocycles. The summed E-state index contributed by atoms with van der Waals surface area (Å²) in [7, 11) is 1.31. The van der Waals surface area contributed by atoms with Gasteiger partial charge in [0.15, 0.2) is 0 Å². The van der Waals surface area contributed by atoms with Gasteiger partial charge in [0, 0.05) is 17.9 Å². The highest BCUT2D eigenvalue weighted by Gasteiger charge is 2.50. The summed E-state index contributed by atoms with van der Waals surface area (Å²) in [6.45, 7) is 0.671. The standard InChI is InChI=1S/C21H20N2O4/c1-27-21(26)14-6-4-7-15(11-14)22-19(24)16-12-17(16)20(25)23-10-9-13-5-2-3-8-18(13)23/h2-8,11,16-17H,9-10,12H2,1H3,(H,22,24). The van der Waals surface area contributed by atoms with Gasteiger partial charge in [-0.1, -0.05) is 24.3 Å². The second kappa shape index (κ2) is 6.87. The highest BCUT2D eigenvalue weighted by molar-refractivity contribution is 6.05. The lowest BCUT2D eigenvalue weighted by Gasteiger charge is -2.17. The Balaban J connectivity index is 1.40. The number of carbonyl (C=O) groups excluding carboxylic acids is 3. The first-order valence-corrected chi connectivity index (χ1v) is 8.97. The van der Waals surface area contributed by atoms with E-state index >= 15 is 0 Å². The number of hydrogen-bond acceptors (Lipinski definition) is 4. The number of hydrogen-bond donors (Lipinski definition) is 1. The van der Waals surface area contributed by atoms with Crippen molar-refractivity contribution >= 4 is 29.2 Å². The van der Waals surface area contributed by atoms with E-state index < -0.39 is 5.97 Å². The van der Waals surface area contributed by atoms with Crippen LogP contribution in [0.2, 0.25) is 0 Å². The number of carbonyl (C=O) groups is 3. The molecule has 0 bridgehead atoms. The van der Waals surface area contributed by atoms with Crippen LogP contribution >= 0.6 is 0 Å². The first-order valence-electron chi connectivity index (χ1n) is 8.97. The zero-order valence-corrected chi connectivity index (χ0v) is 15.0. The molecule has 2 aromatic carbocycles. The minimum Gasteiger partial charge on any atom is -0.465 e. The van der Waals surface area contributed by atoms with Crippen molar-refractivity contribution in [1.82, 2.24) is 0 Å². The van der Waals surface area contributed by atoms with Crippen molar-refractivity contribution in [1.29, 1.82) is 0 Å². The predicted molar refractivity (Wildman–Crippen MR) is 101 cm³/mol. The van der Waals surface area contributed by atoms with Gasteiger partial charge in [-0.15, -0.1) is 0 Å². The molecule has 6 heteroatoms. The summed E-state index contributed by atoms with van der Waals surface area (Å²) in [4.78, 5) is 38.7. The van der Waals surface area contributed by atoms with Crippen LogP contribution in [0, 0.1) is 11.8 Å². The number of methoxy groups -OCH3 is 1. The molecule has 6 nitrogen and oxygen atoms in total. The van der Waals surface area contributed by atoms with Gasteiger partial charge in [0.05, 0.1) is 24.5 Å². The summed E-state index contributed by atoms with van der Waals surface area (Å²) in [6.07, 6.45) is 1.41. The lowest BCUT2D eigenvalue weighted by Crippen LogP contribution is -2.32. The number of anilines is 2. The van der Waals surface area contributed by atoms with Crippen molar-refractivity contribution in [3.05, 3.63) is 59.7 Å². The van der Waals surface area contributed by atoms with Crippen molar-refractivity contribution < 1.29 is 19.1 Å². The maximum Gasteiger partial charge on any atom is 0.337 e. The van der Waals surface area contributed by atoms with E-state index in [0.29, 0.717) is 24.2 Å². The van der Waals surface area contributed by atoms with Gasteiger partial charge in [-0.3, -0.25) is 9.59 Å². The first kappa shape index (κ1) is 17.3. The Kier molecular flexibility index (Phi) is 4.39. The van der Waals surface area contributed by atoms with E-state index in [2.05, 4.69) is 10.1 Å². The molecule has 0 aromatic heterocycles. The average Bonchev–Trinajstić information content (AvgIpc) is 3.39. The molecule has 0 spiro atoms. The highest BCUT2D eigenvalue weighted by Crippen LogP contribution is 2.43. The van der Waals surface area contributed by atoms with Gasteiger partial charge in [-0.05, 0) is 42.7 Å². The molecule has 1 aliphatic heterocycles.